The first-order valence-corrected chi connectivity index (χ1v) is 10.5. The molecule has 1 N–H and O–H groups in total. The van der Waals surface area contributed by atoms with Crippen molar-refractivity contribution < 1.29 is 18.7 Å². The molecule has 4 nitrogen and oxygen atoms in total. The number of hydrogen-bond donors (Lipinski definition) is 1. The Morgan fingerprint density at radius 2 is 1.55 bits per heavy atom. The lowest BCUT2D eigenvalue weighted by Gasteiger charge is -2.36. The van der Waals surface area contributed by atoms with E-state index in [0.29, 0.717) is 39.2 Å². The molecule has 0 atom stereocenters. The molecule has 0 saturated carbocycles. The topological polar surface area (TPSA) is 47.6 Å². The van der Waals surface area contributed by atoms with Crippen LogP contribution >= 0.6 is 0 Å². The summed E-state index contributed by atoms with van der Waals surface area (Å²) in [5.74, 6) is 0.508. The van der Waals surface area contributed by atoms with Crippen LogP contribution in [0, 0.1) is 5.82 Å². The minimum Gasteiger partial charge on any atom is -0.489 e. The molecule has 3 aromatic rings. The Balaban J connectivity index is 1.35. The Bertz CT molecular complexity index is 981. The van der Waals surface area contributed by atoms with Crippen molar-refractivity contribution in [2.24, 2.45) is 0 Å². The highest BCUT2D eigenvalue weighted by Gasteiger charge is 2.41. The van der Waals surface area contributed by atoms with Crippen molar-refractivity contribution in [1.82, 2.24) is 5.32 Å². The lowest BCUT2D eigenvalue weighted by molar-refractivity contribution is -0.130. The van der Waals surface area contributed by atoms with Gasteiger partial charge in [0.05, 0.1) is 5.41 Å². The van der Waals surface area contributed by atoms with E-state index in [1.807, 2.05) is 54.6 Å². The third kappa shape index (κ3) is 5.12. The second kappa shape index (κ2) is 9.75. The van der Waals surface area contributed by atoms with Crippen LogP contribution in [0.15, 0.2) is 78.9 Å². The molecule has 0 radical (unpaired) electrons. The zero-order valence-electron chi connectivity index (χ0n) is 17.4. The highest BCUT2D eigenvalue weighted by atomic mass is 19.1. The predicted molar refractivity (Wildman–Crippen MR) is 117 cm³/mol. The van der Waals surface area contributed by atoms with Crippen molar-refractivity contribution in [3.8, 4) is 5.75 Å². The maximum Gasteiger partial charge on any atom is 0.231 e. The van der Waals surface area contributed by atoms with Gasteiger partial charge in [-0.25, -0.2) is 4.39 Å². The molecule has 5 heteroatoms. The zero-order valence-corrected chi connectivity index (χ0v) is 17.4. The molecule has 0 bridgehead atoms. The first-order valence-electron chi connectivity index (χ1n) is 10.5. The minimum absolute atomic E-state index is 0.0404. The molecule has 1 aliphatic heterocycles. The van der Waals surface area contributed by atoms with E-state index < -0.39 is 5.41 Å². The molecule has 4 rings (SSSR count). The molecule has 0 aromatic heterocycles. The van der Waals surface area contributed by atoms with Crippen molar-refractivity contribution in [2.45, 2.75) is 31.4 Å². The number of ether oxygens (including phenoxy) is 2. The summed E-state index contributed by atoms with van der Waals surface area (Å²) in [6.07, 6.45) is 1.36. The fourth-order valence-electron chi connectivity index (χ4n) is 3.93. The van der Waals surface area contributed by atoms with Gasteiger partial charge in [-0.15, -0.1) is 0 Å². The molecule has 1 fully saturated rings. The Morgan fingerprint density at radius 3 is 2.23 bits per heavy atom. The Morgan fingerprint density at radius 1 is 0.903 bits per heavy atom. The fourth-order valence-corrected chi connectivity index (χ4v) is 3.93. The summed E-state index contributed by atoms with van der Waals surface area (Å²) in [6, 6.07) is 23.9. The summed E-state index contributed by atoms with van der Waals surface area (Å²) >= 11 is 0. The minimum atomic E-state index is -0.544. The van der Waals surface area contributed by atoms with Crippen molar-refractivity contribution in [3.05, 3.63) is 101 Å². The molecule has 1 saturated heterocycles. The average Bonchev–Trinajstić information content (AvgIpc) is 2.84. The fraction of sp³-hybridized carbons (Fsp3) is 0.269. The summed E-state index contributed by atoms with van der Waals surface area (Å²) in [6.45, 7) is 2.00. The molecule has 1 amide bonds. The van der Waals surface area contributed by atoms with Gasteiger partial charge in [-0.2, -0.15) is 0 Å². The standard InChI is InChI=1S/C26H26FNO3/c27-23-10-6-21(7-11-23)19-31-24-12-8-20(9-13-24)18-28-25(29)26(14-16-30-17-15-26)22-4-2-1-3-5-22/h1-13H,14-19H2,(H,28,29). The maximum atomic E-state index is 13.2. The summed E-state index contributed by atoms with van der Waals surface area (Å²) in [5.41, 5.74) is 2.40. The van der Waals surface area contributed by atoms with Crippen molar-refractivity contribution in [3.63, 3.8) is 0 Å². The van der Waals surface area contributed by atoms with Gasteiger partial charge >= 0.3 is 0 Å². The lowest BCUT2D eigenvalue weighted by Crippen LogP contribution is -2.47. The SMILES string of the molecule is O=C(NCc1ccc(OCc2ccc(F)cc2)cc1)C1(c2ccccc2)CCOCC1. The highest BCUT2D eigenvalue weighted by molar-refractivity contribution is 5.88. The molecular weight excluding hydrogens is 393 g/mol. The molecule has 3 aromatic carbocycles. The largest absolute Gasteiger partial charge is 0.489 e. The van der Waals surface area contributed by atoms with E-state index in [-0.39, 0.29) is 11.7 Å². The number of nitrogens with one attached hydrogen (secondary N) is 1. The third-order valence-corrected chi connectivity index (χ3v) is 5.80. The van der Waals surface area contributed by atoms with Crippen LogP contribution in [0.1, 0.15) is 29.5 Å². The van der Waals surface area contributed by atoms with E-state index in [9.17, 15) is 9.18 Å². The smallest absolute Gasteiger partial charge is 0.231 e. The van der Waals surface area contributed by atoms with Crippen LogP contribution in [0.4, 0.5) is 4.39 Å². The molecule has 31 heavy (non-hydrogen) atoms. The second-order valence-corrected chi connectivity index (χ2v) is 7.80. The van der Waals surface area contributed by atoms with E-state index in [2.05, 4.69) is 5.32 Å². The quantitative estimate of drug-likeness (QED) is 0.600. The normalized spacial score (nSPS) is 15.3. The maximum absolute atomic E-state index is 13.2. The van der Waals surface area contributed by atoms with Gasteiger partial charge in [-0.1, -0.05) is 54.6 Å². The average molecular weight is 419 g/mol. The molecular formula is C26H26FNO3. The number of carbonyl (C=O) groups is 1. The van der Waals surface area contributed by atoms with E-state index in [4.69, 9.17) is 9.47 Å². The number of rotatable bonds is 7. The Kier molecular flexibility index (Phi) is 6.63. The van der Waals surface area contributed by atoms with Gasteiger partial charge < -0.3 is 14.8 Å². The summed E-state index contributed by atoms with van der Waals surface area (Å²) in [7, 11) is 0. The number of benzene rings is 3. The van der Waals surface area contributed by atoms with Crippen LogP contribution in [0.25, 0.3) is 0 Å². The number of amides is 1. The molecule has 160 valence electrons. The second-order valence-electron chi connectivity index (χ2n) is 7.80. The van der Waals surface area contributed by atoms with Crippen molar-refractivity contribution >= 4 is 5.91 Å². The first-order chi connectivity index (χ1) is 15.2. The van der Waals surface area contributed by atoms with Gasteiger partial charge in [0.15, 0.2) is 0 Å². The molecule has 1 aliphatic rings. The predicted octanol–water partition coefficient (Wildman–Crippen LogP) is 4.77. The summed E-state index contributed by atoms with van der Waals surface area (Å²) in [4.78, 5) is 13.2. The van der Waals surface area contributed by atoms with Gasteiger partial charge in [0.1, 0.15) is 18.2 Å². The molecule has 0 unspecified atom stereocenters. The number of halogens is 1. The van der Waals surface area contributed by atoms with Crippen LogP contribution in [-0.2, 0) is 28.1 Å². The van der Waals surface area contributed by atoms with Gasteiger partial charge in [-0.3, -0.25) is 4.79 Å². The van der Waals surface area contributed by atoms with Crippen LogP contribution in [0.5, 0.6) is 5.75 Å². The van der Waals surface area contributed by atoms with Gasteiger partial charge in [0.25, 0.3) is 0 Å². The highest BCUT2D eigenvalue weighted by Crippen LogP contribution is 2.35. The van der Waals surface area contributed by atoms with Crippen molar-refractivity contribution in [1.29, 1.82) is 0 Å². The lowest BCUT2D eigenvalue weighted by atomic mass is 9.73. The van der Waals surface area contributed by atoms with E-state index >= 15 is 0 Å². The summed E-state index contributed by atoms with van der Waals surface area (Å²) in [5, 5.41) is 3.12. The Labute approximate surface area is 182 Å². The van der Waals surface area contributed by atoms with Crippen LogP contribution in [-0.4, -0.2) is 19.1 Å². The van der Waals surface area contributed by atoms with Gasteiger partial charge in [0.2, 0.25) is 5.91 Å². The van der Waals surface area contributed by atoms with Crippen LogP contribution in [0.2, 0.25) is 0 Å². The van der Waals surface area contributed by atoms with Crippen LogP contribution in [0.3, 0.4) is 0 Å². The molecule has 0 spiro atoms. The van der Waals surface area contributed by atoms with E-state index in [0.717, 1.165) is 22.4 Å². The van der Waals surface area contributed by atoms with E-state index in [1.165, 1.54) is 12.1 Å². The van der Waals surface area contributed by atoms with Gasteiger partial charge in [0, 0.05) is 19.8 Å². The molecule has 1 heterocycles. The number of carbonyl (C=O) groups excluding carboxylic acids is 1. The van der Waals surface area contributed by atoms with E-state index in [1.54, 1.807) is 12.1 Å². The number of hydrogen-bond acceptors (Lipinski definition) is 3. The molecule has 0 aliphatic carbocycles. The summed E-state index contributed by atoms with van der Waals surface area (Å²) < 4.78 is 24.3. The monoisotopic (exact) mass is 419 g/mol. The Hall–Kier alpha value is -3.18. The third-order valence-electron chi connectivity index (χ3n) is 5.80. The zero-order chi connectivity index (χ0) is 21.5. The van der Waals surface area contributed by atoms with Crippen molar-refractivity contribution in [2.75, 3.05) is 13.2 Å². The van der Waals surface area contributed by atoms with Crippen LogP contribution < -0.4 is 10.1 Å². The first kappa shape index (κ1) is 21.1. The van der Waals surface area contributed by atoms with Gasteiger partial charge in [-0.05, 0) is 53.8 Å².